The first-order chi connectivity index (χ1) is 13.0. The number of rotatable bonds is 5. The summed E-state index contributed by atoms with van der Waals surface area (Å²) in [4.78, 5) is 26.1. The molecule has 1 heterocycles. The first-order valence-corrected chi connectivity index (χ1v) is 9.25. The Balaban J connectivity index is 1.48. The molecule has 3 amide bonds. The number of hydrogen-bond acceptors (Lipinski definition) is 3. The Morgan fingerprint density at radius 1 is 1.11 bits per heavy atom. The third-order valence-corrected chi connectivity index (χ3v) is 4.94. The Morgan fingerprint density at radius 3 is 2.48 bits per heavy atom. The van der Waals surface area contributed by atoms with Crippen LogP contribution in [0.4, 0.5) is 10.5 Å². The summed E-state index contributed by atoms with van der Waals surface area (Å²) < 4.78 is 0. The number of benzene rings is 2. The van der Waals surface area contributed by atoms with Gasteiger partial charge < -0.3 is 16.4 Å². The lowest BCUT2D eigenvalue weighted by molar-refractivity contribution is 0.1000. The quantitative estimate of drug-likeness (QED) is 0.760. The van der Waals surface area contributed by atoms with Gasteiger partial charge in [-0.3, -0.25) is 9.69 Å². The number of carbonyl (C=O) groups excluding carboxylic acids is 2. The topological polar surface area (TPSA) is 87.5 Å². The van der Waals surface area contributed by atoms with Gasteiger partial charge in [-0.05, 0) is 43.0 Å². The van der Waals surface area contributed by atoms with E-state index < -0.39 is 5.91 Å². The number of likely N-dealkylation sites (tertiary alicyclic amines) is 1. The molecule has 27 heavy (non-hydrogen) atoms. The molecule has 6 nitrogen and oxygen atoms in total. The molecule has 0 radical (unpaired) electrons. The Morgan fingerprint density at radius 2 is 1.81 bits per heavy atom. The molecule has 0 unspecified atom stereocenters. The number of primary amides is 1. The van der Waals surface area contributed by atoms with E-state index in [0.717, 1.165) is 38.0 Å². The van der Waals surface area contributed by atoms with E-state index in [2.05, 4.69) is 39.8 Å². The number of carbonyl (C=O) groups is 2. The van der Waals surface area contributed by atoms with Crippen LogP contribution < -0.4 is 16.4 Å². The van der Waals surface area contributed by atoms with E-state index in [-0.39, 0.29) is 12.1 Å². The molecular formula is C21H26N4O2. The van der Waals surface area contributed by atoms with Gasteiger partial charge in [0.05, 0.1) is 0 Å². The van der Waals surface area contributed by atoms with Gasteiger partial charge in [-0.1, -0.05) is 36.4 Å². The zero-order valence-corrected chi connectivity index (χ0v) is 15.6. The fourth-order valence-corrected chi connectivity index (χ4v) is 3.33. The normalized spacial score (nSPS) is 15.3. The SMILES string of the molecule is Cc1ccc(C(N)=O)cc1NC(=O)NC1CCN(Cc2ccccc2)CC1. The molecule has 2 aromatic carbocycles. The lowest BCUT2D eigenvalue weighted by Crippen LogP contribution is -2.45. The van der Waals surface area contributed by atoms with E-state index >= 15 is 0 Å². The van der Waals surface area contributed by atoms with Crippen molar-refractivity contribution >= 4 is 17.6 Å². The number of urea groups is 1. The van der Waals surface area contributed by atoms with Crippen LogP contribution in [0, 0.1) is 6.92 Å². The number of amides is 3. The molecule has 0 aromatic heterocycles. The van der Waals surface area contributed by atoms with Gasteiger partial charge in [-0.2, -0.15) is 0 Å². The van der Waals surface area contributed by atoms with Crippen LogP contribution in [0.1, 0.15) is 34.3 Å². The van der Waals surface area contributed by atoms with Crippen LogP contribution in [0.25, 0.3) is 0 Å². The van der Waals surface area contributed by atoms with Gasteiger partial charge >= 0.3 is 6.03 Å². The number of nitrogens with one attached hydrogen (secondary N) is 2. The highest BCUT2D eigenvalue weighted by Crippen LogP contribution is 2.18. The number of nitrogens with two attached hydrogens (primary N) is 1. The third kappa shape index (κ3) is 5.31. The minimum Gasteiger partial charge on any atom is -0.366 e. The predicted octanol–water partition coefficient (Wildman–Crippen LogP) is 2.88. The van der Waals surface area contributed by atoms with Gasteiger partial charge in [0.2, 0.25) is 5.91 Å². The monoisotopic (exact) mass is 366 g/mol. The van der Waals surface area contributed by atoms with E-state index in [1.807, 2.05) is 13.0 Å². The molecule has 1 aliphatic rings. The predicted molar refractivity (Wildman–Crippen MR) is 107 cm³/mol. The van der Waals surface area contributed by atoms with Crippen LogP contribution in [0.3, 0.4) is 0 Å². The number of anilines is 1. The van der Waals surface area contributed by atoms with Crippen molar-refractivity contribution < 1.29 is 9.59 Å². The summed E-state index contributed by atoms with van der Waals surface area (Å²) in [5, 5.41) is 5.87. The Kier molecular flexibility index (Phi) is 6.08. The second-order valence-electron chi connectivity index (χ2n) is 7.03. The summed E-state index contributed by atoms with van der Waals surface area (Å²) in [5.41, 5.74) is 8.48. The molecule has 0 aliphatic carbocycles. The molecule has 0 spiro atoms. The van der Waals surface area contributed by atoms with Crippen LogP contribution >= 0.6 is 0 Å². The summed E-state index contributed by atoms with van der Waals surface area (Å²) in [5.74, 6) is -0.510. The molecule has 1 fully saturated rings. The van der Waals surface area contributed by atoms with Crippen molar-refractivity contribution in [1.82, 2.24) is 10.2 Å². The van der Waals surface area contributed by atoms with Crippen LogP contribution in [0.15, 0.2) is 48.5 Å². The number of aryl methyl sites for hydroxylation is 1. The van der Waals surface area contributed by atoms with Crippen molar-refractivity contribution in [3.8, 4) is 0 Å². The van der Waals surface area contributed by atoms with Gasteiger partial charge in [0.1, 0.15) is 0 Å². The fraction of sp³-hybridized carbons (Fsp3) is 0.333. The maximum absolute atomic E-state index is 12.3. The largest absolute Gasteiger partial charge is 0.366 e. The van der Waals surface area contributed by atoms with Crippen molar-refractivity contribution in [2.75, 3.05) is 18.4 Å². The van der Waals surface area contributed by atoms with E-state index in [1.54, 1.807) is 18.2 Å². The maximum Gasteiger partial charge on any atom is 0.319 e. The molecule has 0 bridgehead atoms. The van der Waals surface area contributed by atoms with E-state index in [1.165, 1.54) is 5.56 Å². The second kappa shape index (κ2) is 8.68. The Hall–Kier alpha value is -2.86. The summed E-state index contributed by atoms with van der Waals surface area (Å²) in [7, 11) is 0. The van der Waals surface area contributed by atoms with E-state index in [4.69, 9.17) is 5.73 Å². The second-order valence-corrected chi connectivity index (χ2v) is 7.03. The number of nitrogens with zero attached hydrogens (tertiary/aromatic N) is 1. The minimum atomic E-state index is -0.510. The van der Waals surface area contributed by atoms with Gasteiger partial charge in [0.25, 0.3) is 0 Å². The van der Waals surface area contributed by atoms with Crippen molar-refractivity contribution in [3.05, 3.63) is 65.2 Å². The highest BCUT2D eigenvalue weighted by atomic mass is 16.2. The molecule has 1 saturated heterocycles. The molecule has 2 aromatic rings. The van der Waals surface area contributed by atoms with Crippen molar-refractivity contribution in [2.24, 2.45) is 5.73 Å². The summed E-state index contributed by atoms with van der Waals surface area (Å²) in [6.07, 6.45) is 1.83. The van der Waals surface area contributed by atoms with Gasteiger partial charge in [-0.15, -0.1) is 0 Å². The van der Waals surface area contributed by atoms with Crippen LogP contribution in [-0.2, 0) is 6.54 Å². The molecule has 3 rings (SSSR count). The minimum absolute atomic E-state index is 0.150. The van der Waals surface area contributed by atoms with Crippen LogP contribution in [0.5, 0.6) is 0 Å². The van der Waals surface area contributed by atoms with Crippen LogP contribution in [0.2, 0.25) is 0 Å². The Labute approximate surface area is 159 Å². The number of hydrogen-bond donors (Lipinski definition) is 3. The average Bonchev–Trinajstić information content (AvgIpc) is 2.66. The maximum atomic E-state index is 12.3. The first-order valence-electron chi connectivity index (χ1n) is 9.25. The van der Waals surface area contributed by atoms with Crippen molar-refractivity contribution in [3.63, 3.8) is 0 Å². The molecule has 1 aliphatic heterocycles. The average molecular weight is 366 g/mol. The standard InChI is InChI=1S/C21H26N4O2/c1-15-7-8-17(20(22)26)13-19(15)24-21(27)23-18-9-11-25(12-10-18)14-16-5-3-2-4-6-16/h2-8,13,18H,9-12,14H2,1H3,(H2,22,26)(H2,23,24,27). The summed E-state index contributed by atoms with van der Waals surface area (Å²) in [6, 6.07) is 15.4. The number of piperidine rings is 1. The fourth-order valence-electron chi connectivity index (χ4n) is 3.33. The molecule has 6 heteroatoms. The highest BCUT2D eigenvalue weighted by Gasteiger charge is 2.21. The van der Waals surface area contributed by atoms with Gasteiger partial charge in [-0.25, -0.2) is 4.79 Å². The molecule has 0 saturated carbocycles. The lowest BCUT2D eigenvalue weighted by atomic mass is 10.0. The smallest absolute Gasteiger partial charge is 0.319 e. The summed E-state index contributed by atoms with van der Waals surface area (Å²) in [6.45, 7) is 4.73. The zero-order valence-electron chi connectivity index (χ0n) is 15.6. The summed E-state index contributed by atoms with van der Waals surface area (Å²) >= 11 is 0. The van der Waals surface area contributed by atoms with Gasteiger partial charge in [0, 0.05) is 36.9 Å². The molecule has 4 N–H and O–H groups in total. The van der Waals surface area contributed by atoms with Crippen LogP contribution in [-0.4, -0.2) is 36.0 Å². The first kappa shape index (κ1) is 18.9. The molecule has 142 valence electrons. The highest BCUT2D eigenvalue weighted by molar-refractivity contribution is 5.96. The van der Waals surface area contributed by atoms with E-state index in [9.17, 15) is 9.59 Å². The Bertz CT molecular complexity index is 799. The van der Waals surface area contributed by atoms with Gasteiger partial charge in [0.15, 0.2) is 0 Å². The van der Waals surface area contributed by atoms with Crippen molar-refractivity contribution in [2.45, 2.75) is 32.4 Å². The van der Waals surface area contributed by atoms with E-state index in [0.29, 0.717) is 11.3 Å². The molecular weight excluding hydrogens is 340 g/mol. The third-order valence-electron chi connectivity index (χ3n) is 4.94. The molecule has 0 atom stereocenters. The zero-order chi connectivity index (χ0) is 19.2. The lowest BCUT2D eigenvalue weighted by Gasteiger charge is -2.32. The van der Waals surface area contributed by atoms with Crippen molar-refractivity contribution in [1.29, 1.82) is 0 Å².